The molecule has 1 heterocycles. The molecule has 0 N–H and O–H groups in total. The Morgan fingerprint density at radius 3 is 2.36 bits per heavy atom. The molecular formula is C26H27NO5S. The van der Waals surface area contributed by atoms with Crippen LogP contribution in [-0.4, -0.2) is 23.4 Å². The molecule has 3 aromatic rings. The van der Waals surface area contributed by atoms with Gasteiger partial charge in [-0.1, -0.05) is 51.1 Å². The Hall–Kier alpha value is -3.45. The second-order valence-corrected chi connectivity index (χ2v) is 9.65. The van der Waals surface area contributed by atoms with Crippen LogP contribution in [0.15, 0.2) is 53.3 Å². The van der Waals surface area contributed by atoms with E-state index < -0.39 is 5.41 Å². The van der Waals surface area contributed by atoms with E-state index in [0.717, 1.165) is 11.1 Å². The lowest BCUT2D eigenvalue weighted by Gasteiger charge is -2.12. The summed E-state index contributed by atoms with van der Waals surface area (Å²) in [6.45, 7) is 5.84. The largest absolute Gasteiger partial charge is 0.488 e. The van der Waals surface area contributed by atoms with Gasteiger partial charge in [0, 0.05) is 24.1 Å². The molecule has 0 saturated carbocycles. The molecule has 0 aliphatic carbocycles. The molecule has 0 saturated heterocycles. The van der Waals surface area contributed by atoms with E-state index in [1.165, 1.54) is 29.1 Å². The topological polar surface area (TPSA) is 74.6 Å². The highest BCUT2D eigenvalue weighted by molar-refractivity contribution is 7.07. The Bertz CT molecular complexity index is 1340. The molecule has 0 aliphatic heterocycles. The van der Waals surface area contributed by atoms with Gasteiger partial charge in [0.15, 0.2) is 5.78 Å². The van der Waals surface area contributed by atoms with Crippen LogP contribution in [0.25, 0.3) is 12.2 Å². The Balaban J connectivity index is 1.89. The fourth-order valence-electron chi connectivity index (χ4n) is 2.92. The highest BCUT2D eigenvalue weighted by atomic mass is 32.1. The third-order valence-corrected chi connectivity index (χ3v) is 6.14. The van der Waals surface area contributed by atoms with Crippen molar-refractivity contribution in [1.82, 2.24) is 4.57 Å². The summed E-state index contributed by atoms with van der Waals surface area (Å²) in [6, 6.07) is 14.4. The Morgan fingerprint density at radius 2 is 1.73 bits per heavy atom. The highest BCUT2D eigenvalue weighted by Gasteiger charge is 2.19. The summed E-state index contributed by atoms with van der Waals surface area (Å²) in [5.41, 5.74) is 1.44. The average Bonchev–Trinajstić information content (AvgIpc) is 3.05. The van der Waals surface area contributed by atoms with E-state index >= 15 is 0 Å². The Kier molecular flexibility index (Phi) is 7.33. The second-order valence-electron chi connectivity index (χ2n) is 8.59. The first kappa shape index (κ1) is 24.2. The fourth-order valence-corrected chi connectivity index (χ4v) is 3.95. The number of esters is 1. The van der Waals surface area contributed by atoms with Crippen LogP contribution < -0.4 is 19.5 Å². The second kappa shape index (κ2) is 10.0. The normalized spacial score (nSPS) is 12.6. The van der Waals surface area contributed by atoms with Gasteiger partial charge in [-0.25, -0.2) is 4.79 Å². The number of benzene rings is 2. The summed E-state index contributed by atoms with van der Waals surface area (Å²) in [5.74, 6) is 0.204. The van der Waals surface area contributed by atoms with Crippen molar-refractivity contribution >= 4 is 35.2 Å². The highest BCUT2D eigenvalue weighted by Crippen LogP contribution is 2.20. The lowest BCUT2D eigenvalue weighted by atomic mass is 9.91. The first-order valence-corrected chi connectivity index (χ1v) is 11.2. The van der Waals surface area contributed by atoms with Gasteiger partial charge >= 0.3 is 5.97 Å². The van der Waals surface area contributed by atoms with Crippen LogP contribution in [0.1, 0.15) is 42.3 Å². The fraction of sp³-hybridized carbons (Fsp3) is 0.269. The number of carbonyl (C=O) groups is 2. The number of ether oxygens (including phenoxy) is 2. The number of methoxy groups -OCH3 is 1. The van der Waals surface area contributed by atoms with E-state index in [1.807, 2.05) is 57.2 Å². The van der Waals surface area contributed by atoms with Crippen molar-refractivity contribution in [2.75, 3.05) is 7.11 Å². The molecule has 0 aliphatic rings. The maximum absolute atomic E-state index is 12.8. The molecule has 0 amide bonds. The SMILES string of the molecule is COC(=O)c1ccc(COc2ccccc2/C=c2\s/c(=C\C(=O)C(C)(C)C)n(C)c2=O)cc1. The van der Waals surface area contributed by atoms with Gasteiger partial charge in [-0.05, 0) is 29.8 Å². The molecule has 0 bridgehead atoms. The van der Waals surface area contributed by atoms with Gasteiger partial charge in [0.05, 0.1) is 17.2 Å². The number of para-hydroxylation sites is 1. The van der Waals surface area contributed by atoms with Crippen LogP contribution in [0.4, 0.5) is 0 Å². The first-order valence-electron chi connectivity index (χ1n) is 10.4. The van der Waals surface area contributed by atoms with Gasteiger partial charge in [0.25, 0.3) is 5.56 Å². The monoisotopic (exact) mass is 465 g/mol. The molecule has 0 unspecified atom stereocenters. The summed E-state index contributed by atoms with van der Waals surface area (Å²) in [4.78, 5) is 36.7. The van der Waals surface area contributed by atoms with Crippen molar-refractivity contribution in [1.29, 1.82) is 0 Å². The molecule has 172 valence electrons. The molecule has 3 rings (SSSR count). The summed E-state index contributed by atoms with van der Waals surface area (Å²) >= 11 is 1.27. The molecule has 0 radical (unpaired) electrons. The third kappa shape index (κ3) is 5.87. The van der Waals surface area contributed by atoms with Crippen LogP contribution in [0.3, 0.4) is 0 Å². The van der Waals surface area contributed by atoms with Crippen LogP contribution in [0.5, 0.6) is 5.75 Å². The smallest absolute Gasteiger partial charge is 0.337 e. The Morgan fingerprint density at radius 1 is 1.06 bits per heavy atom. The summed E-state index contributed by atoms with van der Waals surface area (Å²) < 4.78 is 13.3. The zero-order chi connectivity index (χ0) is 24.2. The van der Waals surface area contributed by atoms with Gasteiger partial charge < -0.3 is 14.0 Å². The zero-order valence-electron chi connectivity index (χ0n) is 19.4. The number of hydrogen-bond acceptors (Lipinski definition) is 6. The quantitative estimate of drug-likeness (QED) is 0.523. The van der Waals surface area contributed by atoms with Crippen molar-refractivity contribution in [3.8, 4) is 5.75 Å². The molecule has 0 spiro atoms. The van der Waals surface area contributed by atoms with Crippen molar-refractivity contribution < 1.29 is 19.1 Å². The number of ketones is 1. The number of rotatable bonds is 6. The molecule has 0 fully saturated rings. The van der Waals surface area contributed by atoms with Crippen molar-refractivity contribution in [2.45, 2.75) is 27.4 Å². The lowest BCUT2D eigenvalue weighted by molar-refractivity contribution is -0.120. The zero-order valence-corrected chi connectivity index (χ0v) is 20.2. The van der Waals surface area contributed by atoms with Gasteiger partial charge in [0.1, 0.15) is 17.0 Å². The van der Waals surface area contributed by atoms with Crippen molar-refractivity contribution in [2.24, 2.45) is 12.5 Å². The van der Waals surface area contributed by atoms with E-state index in [2.05, 4.69) is 0 Å². The number of hydrogen-bond donors (Lipinski definition) is 0. The molecule has 1 aromatic heterocycles. The summed E-state index contributed by atoms with van der Waals surface area (Å²) in [5, 5.41) is 0. The van der Waals surface area contributed by atoms with Crippen LogP contribution in [-0.2, 0) is 23.2 Å². The lowest BCUT2D eigenvalue weighted by Crippen LogP contribution is -2.30. The van der Waals surface area contributed by atoms with Gasteiger partial charge in [0.2, 0.25) is 0 Å². The molecule has 33 heavy (non-hydrogen) atoms. The number of Topliss-reactive ketones (excluding diaryl/α,β-unsaturated/α-hetero) is 1. The summed E-state index contributed by atoms with van der Waals surface area (Å²) in [6.07, 6.45) is 3.31. The van der Waals surface area contributed by atoms with Gasteiger partial charge in [-0.2, -0.15) is 0 Å². The van der Waals surface area contributed by atoms with Crippen LogP contribution >= 0.6 is 11.3 Å². The van der Waals surface area contributed by atoms with E-state index in [1.54, 1.807) is 25.3 Å². The first-order chi connectivity index (χ1) is 15.6. The maximum Gasteiger partial charge on any atom is 0.337 e. The van der Waals surface area contributed by atoms with E-state index in [9.17, 15) is 14.4 Å². The number of thiazole rings is 1. The third-order valence-electron chi connectivity index (χ3n) is 5.03. The van der Waals surface area contributed by atoms with Crippen LogP contribution in [0.2, 0.25) is 0 Å². The average molecular weight is 466 g/mol. The molecule has 7 heteroatoms. The standard InChI is InChI=1S/C26H27NO5S/c1-26(2,3)22(28)15-23-27(4)24(29)21(33-23)14-19-8-6-7-9-20(19)32-16-17-10-12-18(13-11-17)25(30)31-5/h6-15H,16H2,1-5H3/b21-14-,23-15-. The number of aromatic nitrogens is 1. The van der Waals surface area contributed by atoms with E-state index in [4.69, 9.17) is 9.47 Å². The predicted octanol–water partition coefficient (Wildman–Crippen LogP) is 3.04. The maximum atomic E-state index is 12.8. The van der Waals surface area contributed by atoms with Gasteiger partial charge in [-0.15, -0.1) is 11.3 Å². The minimum atomic E-state index is -0.514. The number of carbonyl (C=O) groups excluding carboxylic acids is 2. The molecule has 0 atom stereocenters. The summed E-state index contributed by atoms with van der Waals surface area (Å²) in [7, 11) is 3.01. The number of nitrogens with zero attached hydrogens (tertiary/aromatic N) is 1. The molecule has 6 nitrogen and oxygen atoms in total. The molecule has 2 aromatic carbocycles. The molecular weight excluding hydrogens is 438 g/mol. The predicted molar refractivity (Wildman–Crippen MR) is 130 cm³/mol. The van der Waals surface area contributed by atoms with E-state index in [0.29, 0.717) is 27.1 Å². The van der Waals surface area contributed by atoms with Crippen molar-refractivity contribution in [3.63, 3.8) is 0 Å². The van der Waals surface area contributed by atoms with Crippen LogP contribution in [0, 0.1) is 5.41 Å². The van der Waals surface area contributed by atoms with Crippen molar-refractivity contribution in [3.05, 3.63) is 84.8 Å². The van der Waals surface area contributed by atoms with E-state index in [-0.39, 0.29) is 17.3 Å². The van der Waals surface area contributed by atoms with Gasteiger partial charge in [-0.3, -0.25) is 9.59 Å². The Labute approximate surface area is 196 Å². The minimum absolute atomic E-state index is 0.0344. The minimum Gasteiger partial charge on any atom is -0.488 e.